The number of carbonyl (C=O) groups is 2. The summed E-state index contributed by atoms with van der Waals surface area (Å²) in [4.78, 5) is 22.4. The van der Waals surface area contributed by atoms with Crippen molar-refractivity contribution in [3.8, 4) is 0 Å². The molecule has 1 unspecified atom stereocenters. The lowest BCUT2D eigenvalue weighted by Crippen LogP contribution is -2.58. The first-order chi connectivity index (χ1) is 7.24. The Morgan fingerprint density at radius 1 is 1.67 bits per heavy atom. The molecule has 1 aliphatic rings. The molecule has 0 spiro atoms. The van der Waals surface area contributed by atoms with Gasteiger partial charge in [-0.15, -0.1) is 0 Å². The van der Waals surface area contributed by atoms with Gasteiger partial charge in [-0.2, -0.15) is 11.8 Å². The van der Waals surface area contributed by atoms with Gasteiger partial charge in [0.05, 0.1) is 6.54 Å². The molecule has 0 aromatic rings. The average molecular weight is 231 g/mol. The molecule has 5 nitrogen and oxygen atoms in total. The molecule has 1 aliphatic heterocycles. The number of hydrogen-bond donors (Lipinski definition) is 3. The van der Waals surface area contributed by atoms with E-state index in [2.05, 4.69) is 16.0 Å². The van der Waals surface area contributed by atoms with E-state index < -0.39 is 0 Å². The predicted octanol–water partition coefficient (Wildman–Crippen LogP) is -1.06. The third-order valence-corrected chi connectivity index (χ3v) is 2.85. The van der Waals surface area contributed by atoms with E-state index in [-0.39, 0.29) is 24.4 Å². The zero-order valence-electron chi connectivity index (χ0n) is 8.84. The van der Waals surface area contributed by atoms with Gasteiger partial charge in [0, 0.05) is 13.1 Å². The lowest BCUT2D eigenvalue weighted by atomic mass is 10.2. The summed E-state index contributed by atoms with van der Waals surface area (Å²) in [5.41, 5.74) is 0. The minimum Gasteiger partial charge on any atom is -0.355 e. The standard InChI is InChI=1S/C9H17N3O2S/c1-15-4-2-3-10-9(14)7-5-12-8(13)6-11-7/h7,11H,2-6H2,1H3,(H,10,14)(H,12,13). The van der Waals surface area contributed by atoms with Crippen molar-refractivity contribution in [2.45, 2.75) is 12.5 Å². The van der Waals surface area contributed by atoms with Crippen LogP contribution in [0.4, 0.5) is 0 Å². The number of thioether (sulfide) groups is 1. The first-order valence-electron chi connectivity index (χ1n) is 5.00. The van der Waals surface area contributed by atoms with Gasteiger partial charge in [0.1, 0.15) is 6.04 Å². The second kappa shape index (κ2) is 6.68. The van der Waals surface area contributed by atoms with Gasteiger partial charge in [0.25, 0.3) is 0 Å². The molecular formula is C9H17N3O2S. The number of piperazine rings is 1. The van der Waals surface area contributed by atoms with Crippen molar-refractivity contribution < 1.29 is 9.59 Å². The van der Waals surface area contributed by atoms with Crippen LogP contribution in [0.25, 0.3) is 0 Å². The summed E-state index contributed by atoms with van der Waals surface area (Å²) in [7, 11) is 0. The first kappa shape index (κ1) is 12.3. The first-order valence-corrected chi connectivity index (χ1v) is 6.40. The summed E-state index contributed by atoms with van der Waals surface area (Å²) in [6, 6.07) is -0.281. The zero-order chi connectivity index (χ0) is 11.1. The summed E-state index contributed by atoms with van der Waals surface area (Å²) in [6.45, 7) is 1.31. The van der Waals surface area contributed by atoms with E-state index >= 15 is 0 Å². The lowest BCUT2D eigenvalue weighted by Gasteiger charge is -2.23. The SMILES string of the molecule is CSCCCNC(=O)C1CNC(=O)CN1. The maximum Gasteiger partial charge on any atom is 0.238 e. The summed E-state index contributed by atoms with van der Waals surface area (Å²) in [5.74, 6) is 0.965. The highest BCUT2D eigenvalue weighted by Gasteiger charge is 2.22. The van der Waals surface area contributed by atoms with Gasteiger partial charge in [-0.3, -0.25) is 14.9 Å². The van der Waals surface area contributed by atoms with Crippen LogP contribution in [0.3, 0.4) is 0 Å². The molecule has 1 heterocycles. The Morgan fingerprint density at radius 2 is 2.47 bits per heavy atom. The van der Waals surface area contributed by atoms with Gasteiger partial charge in [0.2, 0.25) is 11.8 Å². The van der Waals surface area contributed by atoms with Crippen molar-refractivity contribution in [3.63, 3.8) is 0 Å². The van der Waals surface area contributed by atoms with E-state index in [9.17, 15) is 9.59 Å². The molecule has 15 heavy (non-hydrogen) atoms. The van der Waals surface area contributed by atoms with Crippen LogP contribution in [0.5, 0.6) is 0 Å². The molecule has 1 rings (SSSR count). The largest absolute Gasteiger partial charge is 0.355 e. The highest BCUT2D eigenvalue weighted by molar-refractivity contribution is 7.98. The molecule has 1 fully saturated rings. The molecule has 86 valence electrons. The second-order valence-corrected chi connectivity index (χ2v) is 4.36. The van der Waals surface area contributed by atoms with Gasteiger partial charge in [0.15, 0.2) is 0 Å². The van der Waals surface area contributed by atoms with E-state index in [0.29, 0.717) is 13.1 Å². The highest BCUT2D eigenvalue weighted by atomic mass is 32.2. The van der Waals surface area contributed by atoms with E-state index in [1.165, 1.54) is 0 Å². The molecule has 3 N–H and O–H groups in total. The molecule has 0 aromatic carbocycles. The van der Waals surface area contributed by atoms with Gasteiger partial charge in [-0.1, -0.05) is 0 Å². The zero-order valence-corrected chi connectivity index (χ0v) is 9.65. The number of carbonyl (C=O) groups excluding carboxylic acids is 2. The fourth-order valence-electron chi connectivity index (χ4n) is 1.30. The Morgan fingerprint density at radius 3 is 3.07 bits per heavy atom. The number of rotatable bonds is 5. The van der Waals surface area contributed by atoms with Crippen molar-refractivity contribution in [1.29, 1.82) is 0 Å². The van der Waals surface area contributed by atoms with Crippen LogP contribution < -0.4 is 16.0 Å². The Balaban J connectivity index is 2.14. The molecular weight excluding hydrogens is 214 g/mol. The monoisotopic (exact) mass is 231 g/mol. The Labute approximate surface area is 93.7 Å². The number of nitrogens with one attached hydrogen (secondary N) is 3. The summed E-state index contributed by atoms with van der Waals surface area (Å²) >= 11 is 1.77. The van der Waals surface area contributed by atoms with E-state index in [4.69, 9.17) is 0 Å². The third-order valence-electron chi connectivity index (χ3n) is 2.15. The van der Waals surface area contributed by atoms with E-state index in [0.717, 1.165) is 12.2 Å². The van der Waals surface area contributed by atoms with Crippen molar-refractivity contribution in [2.24, 2.45) is 0 Å². The van der Waals surface area contributed by atoms with Crippen molar-refractivity contribution in [2.75, 3.05) is 31.6 Å². The van der Waals surface area contributed by atoms with Crippen LogP contribution in [0.1, 0.15) is 6.42 Å². The quantitative estimate of drug-likeness (QED) is 0.528. The molecule has 2 amide bonds. The lowest BCUT2D eigenvalue weighted by molar-refractivity contribution is -0.126. The summed E-state index contributed by atoms with van der Waals surface area (Å²) < 4.78 is 0. The third kappa shape index (κ3) is 4.53. The fraction of sp³-hybridized carbons (Fsp3) is 0.778. The molecule has 6 heteroatoms. The minimum atomic E-state index is -0.281. The molecule has 1 saturated heterocycles. The molecule has 0 radical (unpaired) electrons. The molecule has 0 aliphatic carbocycles. The summed E-state index contributed by atoms with van der Waals surface area (Å²) in [6.07, 6.45) is 3.02. The fourth-order valence-corrected chi connectivity index (χ4v) is 1.74. The predicted molar refractivity (Wildman–Crippen MR) is 60.8 cm³/mol. The van der Waals surface area contributed by atoms with E-state index in [1.807, 2.05) is 6.26 Å². The topological polar surface area (TPSA) is 70.2 Å². The van der Waals surface area contributed by atoms with Crippen molar-refractivity contribution >= 4 is 23.6 Å². The van der Waals surface area contributed by atoms with Gasteiger partial charge >= 0.3 is 0 Å². The Bertz CT molecular complexity index is 225. The Kier molecular flexibility index (Phi) is 5.49. The van der Waals surface area contributed by atoms with Crippen LogP contribution in [-0.4, -0.2) is 49.5 Å². The average Bonchev–Trinajstić information content (AvgIpc) is 2.25. The van der Waals surface area contributed by atoms with Crippen LogP contribution in [0.2, 0.25) is 0 Å². The summed E-state index contributed by atoms with van der Waals surface area (Å²) in [5, 5.41) is 8.36. The smallest absolute Gasteiger partial charge is 0.238 e. The molecule has 0 bridgehead atoms. The van der Waals surface area contributed by atoms with Crippen LogP contribution in [0, 0.1) is 0 Å². The highest BCUT2D eigenvalue weighted by Crippen LogP contribution is 1.94. The normalized spacial score (nSPS) is 20.9. The minimum absolute atomic E-state index is 0.0314. The van der Waals surface area contributed by atoms with Crippen LogP contribution in [-0.2, 0) is 9.59 Å². The number of amides is 2. The molecule has 0 aromatic heterocycles. The molecule has 0 saturated carbocycles. The molecule has 1 atom stereocenters. The number of hydrogen-bond acceptors (Lipinski definition) is 4. The van der Waals surface area contributed by atoms with Gasteiger partial charge < -0.3 is 10.6 Å². The second-order valence-electron chi connectivity index (χ2n) is 3.37. The maximum atomic E-state index is 11.5. The van der Waals surface area contributed by atoms with Crippen molar-refractivity contribution in [3.05, 3.63) is 0 Å². The Hall–Kier alpha value is -0.750. The van der Waals surface area contributed by atoms with Crippen LogP contribution in [0.15, 0.2) is 0 Å². The van der Waals surface area contributed by atoms with Crippen molar-refractivity contribution in [1.82, 2.24) is 16.0 Å². The van der Waals surface area contributed by atoms with E-state index in [1.54, 1.807) is 11.8 Å². The van der Waals surface area contributed by atoms with Gasteiger partial charge in [-0.25, -0.2) is 0 Å². The van der Waals surface area contributed by atoms with Crippen LogP contribution >= 0.6 is 11.8 Å². The van der Waals surface area contributed by atoms with Gasteiger partial charge in [-0.05, 0) is 18.4 Å². The maximum absolute atomic E-state index is 11.5.